The van der Waals surface area contributed by atoms with Crippen molar-refractivity contribution in [1.29, 1.82) is 0 Å². The van der Waals surface area contributed by atoms with Crippen LogP contribution in [-0.2, 0) is 0 Å². The molecule has 2 aromatic heterocycles. The number of fused-ring (bicyclic) bond motifs is 8. The molecule has 0 aliphatic rings. The minimum absolute atomic E-state index is 1.12. The van der Waals surface area contributed by atoms with Gasteiger partial charge in [-0.1, -0.05) is 127 Å². The minimum Gasteiger partial charge on any atom is -0.308 e. The molecule has 0 saturated heterocycles. The molecule has 0 fully saturated rings. The summed E-state index contributed by atoms with van der Waals surface area (Å²) in [5, 5.41) is 7.64. The maximum absolute atomic E-state index is 2.47. The molecule has 230 valence electrons. The molecule has 0 saturated carbocycles. The SMILES string of the molecule is c1ccc(-c2ccccc2N(c2ccc3c(ccc4sc5ccccc5c43)c2)c2cccc3c4ccccc4n(-c4ccccc4)c23)cc1. The fourth-order valence-corrected chi connectivity index (χ4v) is 8.77. The second kappa shape index (κ2) is 11.2. The Kier molecular flexibility index (Phi) is 6.39. The molecule has 0 aliphatic heterocycles. The number of anilines is 3. The second-order valence-corrected chi connectivity index (χ2v) is 13.6. The molecule has 2 heterocycles. The smallest absolute Gasteiger partial charge is 0.0782 e. The minimum atomic E-state index is 1.12. The highest BCUT2D eigenvalue weighted by Gasteiger charge is 2.23. The van der Waals surface area contributed by atoms with Gasteiger partial charge >= 0.3 is 0 Å². The molecule has 0 atom stereocenters. The normalized spacial score (nSPS) is 11.7. The highest BCUT2D eigenvalue weighted by molar-refractivity contribution is 7.26. The molecule has 0 amide bonds. The summed E-state index contributed by atoms with van der Waals surface area (Å²) >= 11 is 1.87. The molecule has 49 heavy (non-hydrogen) atoms. The maximum atomic E-state index is 2.47. The molecule has 0 aliphatic carbocycles. The van der Waals surface area contributed by atoms with E-state index in [9.17, 15) is 0 Å². The number of hydrogen-bond donors (Lipinski definition) is 0. The summed E-state index contributed by atoms with van der Waals surface area (Å²) in [6.45, 7) is 0. The van der Waals surface area contributed by atoms with Gasteiger partial charge in [0, 0.05) is 47.9 Å². The van der Waals surface area contributed by atoms with Gasteiger partial charge in [0.05, 0.1) is 22.4 Å². The lowest BCUT2D eigenvalue weighted by Crippen LogP contribution is -2.13. The van der Waals surface area contributed by atoms with Crippen LogP contribution in [0.15, 0.2) is 182 Å². The van der Waals surface area contributed by atoms with Crippen molar-refractivity contribution in [3.63, 3.8) is 0 Å². The van der Waals surface area contributed by atoms with Gasteiger partial charge in [0.2, 0.25) is 0 Å². The second-order valence-electron chi connectivity index (χ2n) is 12.5. The van der Waals surface area contributed by atoms with E-state index in [1.165, 1.54) is 63.9 Å². The van der Waals surface area contributed by atoms with Gasteiger partial charge in [-0.15, -0.1) is 11.3 Å². The monoisotopic (exact) mass is 642 g/mol. The molecule has 2 nitrogen and oxygen atoms in total. The first-order valence-electron chi connectivity index (χ1n) is 16.7. The largest absolute Gasteiger partial charge is 0.308 e. The Labute approximate surface area is 288 Å². The average molecular weight is 643 g/mol. The summed E-state index contributed by atoms with van der Waals surface area (Å²) in [6, 6.07) is 66.2. The first kappa shape index (κ1) is 27.9. The van der Waals surface area contributed by atoms with E-state index < -0.39 is 0 Å². The van der Waals surface area contributed by atoms with Crippen molar-refractivity contribution in [1.82, 2.24) is 4.57 Å². The molecule has 0 N–H and O–H groups in total. The Bertz CT molecular complexity index is 2830. The van der Waals surface area contributed by atoms with Crippen LogP contribution in [0, 0.1) is 0 Å². The van der Waals surface area contributed by atoms with Crippen LogP contribution in [-0.4, -0.2) is 4.57 Å². The predicted octanol–water partition coefficient (Wildman–Crippen LogP) is 13.4. The summed E-state index contributed by atoms with van der Waals surface area (Å²) in [5.41, 5.74) is 9.26. The van der Waals surface area contributed by atoms with Gasteiger partial charge < -0.3 is 9.47 Å². The van der Waals surface area contributed by atoms with E-state index in [1.54, 1.807) is 0 Å². The molecule has 10 rings (SSSR count). The van der Waals surface area contributed by atoms with E-state index in [1.807, 2.05) is 11.3 Å². The molecule has 10 aromatic rings. The number of thiophene rings is 1. The third-order valence-corrected chi connectivity index (χ3v) is 10.9. The summed E-state index contributed by atoms with van der Waals surface area (Å²) in [7, 11) is 0. The number of rotatable bonds is 5. The molecule has 0 unspecified atom stereocenters. The van der Waals surface area contributed by atoms with Crippen LogP contribution in [0.5, 0.6) is 0 Å². The van der Waals surface area contributed by atoms with Crippen LogP contribution in [0.1, 0.15) is 0 Å². The fourth-order valence-electron chi connectivity index (χ4n) is 7.64. The highest BCUT2D eigenvalue weighted by atomic mass is 32.1. The molecule has 0 bridgehead atoms. The number of benzene rings is 8. The van der Waals surface area contributed by atoms with Crippen molar-refractivity contribution >= 4 is 81.1 Å². The van der Waals surface area contributed by atoms with Crippen LogP contribution in [0.25, 0.3) is 69.6 Å². The van der Waals surface area contributed by atoms with Crippen molar-refractivity contribution in [2.24, 2.45) is 0 Å². The van der Waals surface area contributed by atoms with Gasteiger partial charge in [-0.25, -0.2) is 0 Å². The zero-order valence-corrected chi connectivity index (χ0v) is 27.4. The summed E-state index contributed by atoms with van der Waals surface area (Å²) < 4.78 is 5.08. The first-order valence-corrected chi connectivity index (χ1v) is 17.5. The lowest BCUT2D eigenvalue weighted by atomic mass is 10.00. The number of aromatic nitrogens is 1. The number of nitrogens with zero attached hydrogens (tertiary/aromatic N) is 2. The van der Waals surface area contributed by atoms with Gasteiger partial charge in [0.1, 0.15) is 0 Å². The lowest BCUT2D eigenvalue weighted by molar-refractivity contribution is 1.17. The van der Waals surface area contributed by atoms with Crippen molar-refractivity contribution in [3.8, 4) is 16.8 Å². The standard InChI is InChI=1S/C46H30N2S/c1-3-14-31(15-4-1)35-18-7-10-22-40(35)47(34-27-28-36-32(30-34)26-29-44-45(36)39-20-9-12-25-43(39)49-44)42-24-13-21-38-37-19-8-11-23-41(37)48(46(38)42)33-16-5-2-6-17-33/h1-30H. The van der Waals surface area contributed by atoms with Gasteiger partial charge in [-0.3, -0.25) is 0 Å². The highest BCUT2D eigenvalue weighted by Crippen LogP contribution is 2.47. The molecular weight excluding hydrogens is 613 g/mol. The quantitative estimate of drug-likeness (QED) is 0.181. The van der Waals surface area contributed by atoms with Crippen LogP contribution in [0.2, 0.25) is 0 Å². The first-order chi connectivity index (χ1) is 24.3. The van der Waals surface area contributed by atoms with E-state index in [2.05, 4.69) is 191 Å². The van der Waals surface area contributed by atoms with Gasteiger partial charge in [0.15, 0.2) is 0 Å². The van der Waals surface area contributed by atoms with Crippen molar-refractivity contribution in [2.45, 2.75) is 0 Å². The Morgan fingerprint density at radius 2 is 1.14 bits per heavy atom. The number of para-hydroxylation sites is 4. The van der Waals surface area contributed by atoms with Crippen LogP contribution in [0.4, 0.5) is 17.1 Å². The van der Waals surface area contributed by atoms with E-state index in [-0.39, 0.29) is 0 Å². The van der Waals surface area contributed by atoms with Gasteiger partial charge in [-0.05, 0) is 70.9 Å². The van der Waals surface area contributed by atoms with Crippen LogP contribution in [0.3, 0.4) is 0 Å². The lowest BCUT2D eigenvalue weighted by Gasteiger charge is -2.29. The number of hydrogen-bond acceptors (Lipinski definition) is 2. The zero-order valence-electron chi connectivity index (χ0n) is 26.6. The predicted molar refractivity (Wildman–Crippen MR) is 211 cm³/mol. The van der Waals surface area contributed by atoms with E-state index in [0.717, 1.165) is 22.7 Å². The van der Waals surface area contributed by atoms with Crippen molar-refractivity contribution in [3.05, 3.63) is 182 Å². The van der Waals surface area contributed by atoms with Crippen molar-refractivity contribution < 1.29 is 0 Å². The molecular formula is C46H30N2S. The van der Waals surface area contributed by atoms with Crippen molar-refractivity contribution in [2.75, 3.05) is 4.90 Å². The Morgan fingerprint density at radius 1 is 0.449 bits per heavy atom. The maximum Gasteiger partial charge on any atom is 0.0782 e. The summed E-state index contributed by atoms with van der Waals surface area (Å²) in [5.74, 6) is 0. The molecule has 0 spiro atoms. The third kappa shape index (κ3) is 4.40. The summed E-state index contributed by atoms with van der Waals surface area (Å²) in [6.07, 6.45) is 0. The molecule has 3 heteroatoms. The topological polar surface area (TPSA) is 8.17 Å². The third-order valence-electron chi connectivity index (χ3n) is 9.76. The van der Waals surface area contributed by atoms with Gasteiger partial charge in [-0.2, -0.15) is 0 Å². The Balaban J connectivity index is 1.31. The molecule has 8 aromatic carbocycles. The van der Waals surface area contributed by atoms with E-state index >= 15 is 0 Å². The van der Waals surface area contributed by atoms with E-state index in [0.29, 0.717) is 0 Å². The fraction of sp³-hybridized carbons (Fsp3) is 0. The van der Waals surface area contributed by atoms with E-state index in [4.69, 9.17) is 0 Å². The Hall–Kier alpha value is -6.16. The average Bonchev–Trinajstić information content (AvgIpc) is 3.73. The van der Waals surface area contributed by atoms with Crippen LogP contribution < -0.4 is 4.90 Å². The van der Waals surface area contributed by atoms with Crippen LogP contribution >= 0.6 is 11.3 Å². The Morgan fingerprint density at radius 3 is 2.02 bits per heavy atom. The van der Waals surface area contributed by atoms with Gasteiger partial charge in [0.25, 0.3) is 0 Å². The summed E-state index contributed by atoms with van der Waals surface area (Å²) in [4.78, 5) is 2.47. The molecule has 0 radical (unpaired) electrons. The zero-order chi connectivity index (χ0) is 32.3.